The molecule has 0 aromatic heterocycles. The Morgan fingerprint density at radius 2 is 1.66 bits per heavy atom. The molecule has 0 radical (unpaired) electrons. The minimum Gasteiger partial charge on any atom is -0.483 e. The van der Waals surface area contributed by atoms with E-state index in [-0.39, 0.29) is 24.5 Å². The van der Waals surface area contributed by atoms with E-state index in [1.54, 1.807) is 11.8 Å². The van der Waals surface area contributed by atoms with Crippen LogP contribution in [-0.2, 0) is 16.1 Å². The second-order valence-electron chi connectivity index (χ2n) is 7.87. The van der Waals surface area contributed by atoms with Crippen LogP contribution in [0.4, 0.5) is 0 Å². The molecular weight excluding hydrogens is 536 g/mol. The van der Waals surface area contributed by atoms with E-state index >= 15 is 0 Å². The topological polar surface area (TPSA) is 58.6 Å². The fourth-order valence-corrected chi connectivity index (χ4v) is 4.19. The Hall–Kier alpha value is -2.38. The molecule has 0 aliphatic heterocycles. The average Bonchev–Trinajstić information content (AvgIpc) is 2.77. The molecule has 0 aliphatic rings. The molecule has 0 heterocycles. The molecule has 1 N–H and O–H groups in total. The van der Waals surface area contributed by atoms with Crippen molar-refractivity contribution >= 4 is 54.4 Å². The van der Waals surface area contributed by atoms with Crippen LogP contribution in [0.15, 0.2) is 69.6 Å². The number of nitrogens with one attached hydrogen (secondary N) is 1. The van der Waals surface area contributed by atoms with Gasteiger partial charge in [-0.3, -0.25) is 9.59 Å². The number of hydrogen-bond donors (Lipinski definition) is 1. The highest BCUT2D eigenvalue weighted by atomic mass is 79.9. The standard InChI is InChI=1S/C25H26Br2N2O3/c1-16(2)28-25(31)17(3)29(14-18-8-11-20(26)12-9-18)23(30)15-32-22-13-10-19-6-4-5-7-21(19)24(22)27/h4-13,16-17H,14-15H2,1-3H3,(H,28,31). The summed E-state index contributed by atoms with van der Waals surface area (Å²) in [6.45, 7) is 5.66. The molecule has 5 nitrogen and oxygen atoms in total. The highest BCUT2D eigenvalue weighted by Gasteiger charge is 2.27. The number of nitrogens with zero attached hydrogens (tertiary/aromatic N) is 1. The number of amides is 2. The lowest BCUT2D eigenvalue weighted by Crippen LogP contribution is -2.50. The Morgan fingerprint density at radius 1 is 0.969 bits per heavy atom. The summed E-state index contributed by atoms with van der Waals surface area (Å²) in [6, 6.07) is 18.8. The highest BCUT2D eigenvalue weighted by Crippen LogP contribution is 2.33. The number of hydrogen-bond acceptors (Lipinski definition) is 3. The van der Waals surface area contributed by atoms with Gasteiger partial charge in [0, 0.05) is 17.1 Å². The minimum absolute atomic E-state index is 0.0145. The molecule has 2 amide bonds. The van der Waals surface area contributed by atoms with E-state index in [0.29, 0.717) is 12.3 Å². The van der Waals surface area contributed by atoms with Gasteiger partial charge in [-0.2, -0.15) is 0 Å². The third-order valence-corrected chi connectivity index (χ3v) is 6.39. The minimum atomic E-state index is -0.641. The zero-order chi connectivity index (χ0) is 23.3. The Kier molecular flexibility index (Phi) is 8.32. The summed E-state index contributed by atoms with van der Waals surface area (Å²) in [6.07, 6.45) is 0. The number of fused-ring (bicyclic) bond motifs is 1. The molecule has 0 saturated carbocycles. The van der Waals surface area contributed by atoms with Crippen LogP contribution in [0, 0.1) is 0 Å². The van der Waals surface area contributed by atoms with Crippen molar-refractivity contribution in [2.24, 2.45) is 0 Å². The van der Waals surface area contributed by atoms with Crippen LogP contribution in [0.3, 0.4) is 0 Å². The molecular formula is C25H26Br2N2O3. The summed E-state index contributed by atoms with van der Waals surface area (Å²) in [5.74, 6) is 0.122. The van der Waals surface area contributed by atoms with Crippen LogP contribution >= 0.6 is 31.9 Å². The monoisotopic (exact) mass is 560 g/mol. The van der Waals surface area contributed by atoms with Gasteiger partial charge in [-0.05, 0) is 71.2 Å². The molecule has 1 unspecified atom stereocenters. The number of carbonyl (C=O) groups excluding carboxylic acids is 2. The van der Waals surface area contributed by atoms with Gasteiger partial charge in [0.05, 0.1) is 4.47 Å². The van der Waals surface area contributed by atoms with Crippen LogP contribution in [0.25, 0.3) is 10.8 Å². The SMILES string of the molecule is CC(C)NC(=O)C(C)N(Cc1ccc(Br)cc1)C(=O)COc1ccc2ccccc2c1Br. The van der Waals surface area contributed by atoms with Crippen molar-refractivity contribution in [1.29, 1.82) is 0 Å². The summed E-state index contributed by atoms with van der Waals surface area (Å²) in [5, 5.41) is 4.97. The lowest BCUT2D eigenvalue weighted by atomic mass is 10.1. The van der Waals surface area contributed by atoms with Crippen LogP contribution in [0.2, 0.25) is 0 Å². The van der Waals surface area contributed by atoms with Crippen LogP contribution in [0.1, 0.15) is 26.3 Å². The predicted molar refractivity (Wildman–Crippen MR) is 135 cm³/mol. The fraction of sp³-hybridized carbons (Fsp3) is 0.280. The molecule has 0 saturated heterocycles. The zero-order valence-corrected chi connectivity index (χ0v) is 21.4. The lowest BCUT2D eigenvalue weighted by Gasteiger charge is -2.29. The second-order valence-corrected chi connectivity index (χ2v) is 9.58. The molecule has 0 fully saturated rings. The molecule has 3 rings (SSSR count). The van der Waals surface area contributed by atoms with Crippen molar-refractivity contribution in [3.05, 3.63) is 75.2 Å². The van der Waals surface area contributed by atoms with Gasteiger partial charge in [0.25, 0.3) is 5.91 Å². The van der Waals surface area contributed by atoms with Crippen molar-refractivity contribution in [3.63, 3.8) is 0 Å². The maximum absolute atomic E-state index is 13.2. The maximum Gasteiger partial charge on any atom is 0.261 e. The van der Waals surface area contributed by atoms with Gasteiger partial charge >= 0.3 is 0 Å². The number of benzene rings is 3. The summed E-state index contributed by atoms with van der Waals surface area (Å²) in [4.78, 5) is 27.4. The largest absolute Gasteiger partial charge is 0.483 e. The van der Waals surface area contributed by atoms with E-state index in [1.165, 1.54) is 0 Å². The van der Waals surface area contributed by atoms with Gasteiger partial charge in [-0.25, -0.2) is 0 Å². The quantitative estimate of drug-likeness (QED) is 0.384. The van der Waals surface area contributed by atoms with Gasteiger partial charge in [0.1, 0.15) is 11.8 Å². The average molecular weight is 562 g/mol. The molecule has 7 heteroatoms. The van der Waals surface area contributed by atoms with Crippen LogP contribution in [0.5, 0.6) is 5.75 Å². The predicted octanol–water partition coefficient (Wildman–Crippen LogP) is 5.69. The number of carbonyl (C=O) groups is 2. The number of rotatable bonds is 8. The third kappa shape index (κ3) is 6.11. The van der Waals surface area contributed by atoms with Gasteiger partial charge in [-0.1, -0.05) is 58.4 Å². The molecule has 3 aromatic rings. The van der Waals surface area contributed by atoms with Crippen LogP contribution < -0.4 is 10.1 Å². The highest BCUT2D eigenvalue weighted by molar-refractivity contribution is 9.11. The maximum atomic E-state index is 13.2. The lowest BCUT2D eigenvalue weighted by molar-refractivity contribution is -0.142. The van der Waals surface area contributed by atoms with Gasteiger partial charge < -0.3 is 15.0 Å². The summed E-state index contributed by atoms with van der Waals surface area (Å²) >= 11 is 7.02. The van der Waals surface area contributed by atoms with Crippen molar-refractivity contribution in [2.45, 2.75) is 39.4 Å². The van der Waals surface area contributed by atoms with E-state index in [0.717, 1.165) is 25.3 Å². The van der Waals surface area contributed by atoms with Gasteiger partial charge in [0.2, 0.25) is 5.91 Å². The van der Waals surface area contributed by atoms with E-state index < -0.39 is 6.04 Å². The molecule has 0 aliphatic carbocycles. The first-order valence-corrected chi connectivity index (χ1v) is 12.0. The van der Waals surface area contributed by atoms with E-state index in [2.05, 4.69) is 37.2 Å². The summed E-state index contributed by atoms with van der Waals surface area (Å²) < 4.78 is 7.63. The van der Waals surface area contributed by atoms with Crippen molar-refractivity contribution in [3.8, 4) is 5.75 Å². The van der Waals surface area contributed by atoms with Gasteiger partial charge in [0.15, 0.2) is 6.61 Å². The Bertz CT molecular complexity index is 1100. The van der Waals surface area contributed by atoms with E-state index in [4.69, 9.17) is 4.74 Å². The first kappa shape index (κ1) is 24.3. The molecule has 3 aromatic carbocycles. The Morgan fingerprint density at radius 3 is 2.34 bits per heavy atom. The third-order valence-electron chi connectivity index (χ3n) is 5.04. The molecule has 0 bridgehead atoms. The van der Waals surface area contributed by atoms with Crippen molar-refractivity contribution < 1.29 is 14.3 Å². The number of ether oxygens (including phenoxy) is 1. The second kappa shape index (κ2) is 11.0. The Labute approximate surface area is 205 Å². The van der Waals surface area contributed by atoms with Crippen LogP contribution in [-0.4, -0.2) is 35.4 Å². The summed E-state index contributed by atoms with van der Waals surface area (Å²) in [7, 11) is 0. The fourth-order valence-electron chi connectivity index (χ4n) is 3.32. The first-order valence-electron chi connectivity index (χ1n) is 10.4. The number of halogens is 2. The van der Waals surface area contributed by atoms with Crippen molar-refractivity contribution in [2.75, 3.05) is 6.61 Å². The smallest absolute Gasteiger partial charge is 0.261 e. The zero-order valence-electron chi connectivity index (χ0n) is 18.3. The molecule has 168 valence electrons. The first-order chi connectivity index (χ1) is 15.3. The van der Waals surface area contributed by atoms with E-state index in [1.807, 2.05) is 74.5 Å². The molecule has 32 heavy (non-hydrogen) atoms. The summed E-state index contributed by atoms with van der Waals surface area (Å²) in [5.41, 5.74) is 0.928. The normalized spacial score (nSPS) is 11.9. The van der Waals surface area contributed by atoms with E-state index in [9.17, 15) is 9.59 Å². The molecule has 1 atom stereocenters. The van der Waals surface area contributed by atoms with Crippen molar-refractivity contribution in [1.82, 2.24) is 10.2 Å². The Balaban J connectivity index is 1.78. The molecule has 0 spiro atoms. The van der Waals surface area contributed by atoms with Gasteiger partial charge in [-0.15, -0.1) is 0 Å².